The fourth-order valence-corrected chi connectivity index (χ4v) is 0.955. The fourth-order valence-electron chi connectivity index (χ4n) is 0.955. The van der Waals surface area contributed by atoms with Crippen LogP contribution in [-0.2, 0) is 0 Å². The molecule has 2 aromatic heterocycles. The molecule has 0 saturated carbocycles. The van der Waals surface area contributed by atoms with Crippen LogP contribution in [0, 0.1) is 23.8 Å². The van der Waals surface area contributed by atoms with Gasteiger partial charge in [0, 0.05) is 0 Å². The van der Waals surface area contributed by atoms with Gasteiger partial charge in [-0.3, -0.25) is 0 Å². The molecule has 4 nitrogen and oxygen atoms in total. The van der Waals surface area contributed by atoms with Crippen LogP contribution in [-0.4, -0.2) is 21.0 Å². The zero-order valence-electron chi connectivity index (χ0n) is 9.15. The number of carboxylic acids is 1. The van der Waals surface area contributed by atoms with Crippen LogP contribution in [0.4, 0.5) is 17.6 Å². The van der Waals surface area contributed by atoms with E-state index in [-0.39, 0.29) is 0 Å². The molecule has 1 N–H and O–H groups in total. The Hall–Kier alpha value is -2.51. The first kappa shape index (κ1) is 14.6. The summed E-state index contributed by atoms with van der Waals surface area (Å²) in [6.07, 6.45) is 0. The number of rotatable bonds is 1. The van der Waals surface area contributed by atoms with E-state index in [1.807, 2.05) is 0 Å². The van der Waals surface area contributed by atoms with Crippen LogP contribution in [0.2, 0.25) is 0 Å². The third kappa shape index (κ3) is 4.70. The molecule has 2 heterocycles. The van der Waals surface area contributed by atoms with Crippen molar-refractivity contribution in [3.05, 3.63) is 59.7 Å². The highest BCUT2D eigenvalue weighted by Crippen LogP contribution is 2.04. The number of carboxylic acid groups (broad SMARTS) is 1. The fraction of sp³-hybridized carbons (Fsp3) is 0. The van der Waals surface area contributed by atoms with Gasteiger partial charge in [-0.2, -0.15) is 27.5 Å². The van der Waals surface area contributed by atoms with E-state index in [2.05, 4.69) is 9.97 Å². The van der Waals surface area contributed by atoms with E-state index < -0.39 is 35.3 Å². The maximum absolute atomic E-state index is 12.4. The van der Waals surface area contributed by atoms with Gasteiger partial charge in [-0.1, -0.05) is 6.07 Å². The minimum absolute atomic E-state index is 0.633. The van der Waals surface area contributed by atoms with E-state index in [4.69, 9.17) is 5.11 Å². The molecule has 2 aromatic rings. The molecule has 8 heteroatoms. The number of aromatic nitrogens is 2. The Bertz CT molecular complexity index is 575. The van der Waals surface area contributed by atoms with Crippen molar-refractivity contribution in [2.45, 2.75) is 0 Å². The minimum atomic E-state index is -1.46. The quantitative estimate of drug-likeness (QED) is 0.640. The van der Waals surface area contributed by atoms with E-state index >= 15 is 0 Å². The Morgan fingerprint density at radius 1 is 0.895 bits per heavy atom. The van der Waals surface area contributed by atoms with Gasteiger partial charge in [0.15, 0.2) is 0 Å². The first-order chi connectivity index (χ1) is 8.90. The first-order valence-corrected chi connectivity index (χ1v) is 4.73. The van der Waals surface area contributed by atoms with Crippen molar-refractivity contribution >= 4 is 5.97 Å². The molecule has 0 saturated heterocycles. The molecule has 0 aromatic carbocycles. The monoisotopic (exact) mass is 274 g/mol. The molecule has 0 aliphatic rings. The van der Waals surface area contributed by atoms with E-state index in [1.165, 1.54) is 6.07 Å². The van der Waals surface area contributed by atoms with Gasteiger partial charge in [0.05, 0.1) is 0 Å². The lowest BCUT2D eigenvalue weighted by molar-refractivity contribution is 0.0690. The van der Waals surface area contributed by atoms with Gasteiger partial charge in [-0.05, 0) is 24.3 Å². The normalized spacial score (nSPS) is 9.47. The highest BCUT2D eigenvalue weighted by Gasteiger charge is 2.11. The van der Waals surface area contributed by atoms with Gasteiger partial charge >= 0.3 is 5.97 Å². The molecular weight excluding hydrogens is 268 g/mol. The minimum Gasteiger partial charge on any atom is -0.478 e. The van der Waals surface area contributed by atoms with Gasteiger partial charge in [0.2, 0.25) is 23.8 Å². The highest BCUT2D eigenvalue weighted by atomic mass is 19.1. The van der Waals surface area contributed by atoms with E-state index in [0.717, 1.165) is 24.3 Å². The molecule has 19 heavy (non-hydrogen) atoms. The Kier molecular flexibility index (Phi) is 4.92. The molecular formula is C11H6F4N2O2. The molecule has 0 unspecified atom stereocenters. The number of hydrogen-bond acceptors (Lipinski definition) is 3. The maximum atomic E-state index is 12.4. The van der Waals surface area contributed by atoms with Crippen molar-refractivity contribution in [1.82, 2.24) is 9.97 Å². The number of nitrogens with zero attached hydrogens (tertiary/aromatic N) is 2. The summed E-state index contributed by atoms with van der Waals surface area (Å²) in [7, 11) is 0. The molecule has 2 rings (SSSR count). The third-order valence-electron chi connectivity index (χ3n) is 1.73. The Balaban J connectivity index is 0.000000200. The summed E-state index contributed by atoms with van der Waals surface area (Å²) in [5.74, 6) is -5.38. The predicted octanol–water partition coefficient (Wildman–Crippen LogP) is 2.42. The van der Waals surface area contributed by atoms with Gasteiger partial charge in [0.1, 0.15) is 5.56 Å². The van der Waals surface area contributed by atoms with Crippen molar-refractivity contribution in [1.29, 1.82) is 0 Å². The number of halogens is 4. The first-order valence-electron chi connectivity index (χ1n) is 4.73. The zero-order chi connectivity index (χ0) is 14.4. The molecule has 0 fully saturated rings. The average molecular weight is 274 g/mol. The van der Waals surface area contributed by atoms with Crippen molar-refractivity contribution in [3.63, 3.8) is 0 Å². The number of carbonyl (C=O) groups is 1. The molecule has 0 aliphatic heterocycles. The van der Waals surface area contributed by atoms with Gasteiger partial charge in [-0.25, -0.2) is 4.79 Å². The van der Waals surface area contributed by atoms with E-state index in [0.29, 0.717) is 0 Å². The second-order valence-corrected chi connectivity index (χ2v) is 3.06. The standard InChI is InChI=1S/C6H3F2NO2.C5H3F2N/c7-4-2-1-3(6(10)11)5(8)9-4;6-4-2-1-3-5(7)8-4/h1-2H,(H,10,11);1-3H. The Labute approximate surface area is 104 Å². The lowest BCUT2D eigenvalue weighted by Crippen LogP contribution is -2.03. The number of aromatic carboxylic acids is 1. The van der Waals surface area contributed by atoms with Crippen molar-refractivity contribution < 1.29 is 27.5 Å². The second-order valence-electron chi connectivity index (χ2n) is 3.06. The summed E-state index contributed by atoms with van der Waals surface area (Å²) < 4.78 is 48.1. The summed E-state index contributed by atoms with van der Waals surface area (Å²) in [4.78, 5) is 15.7. The van der Waals surface area contributed by atoms with Crippen molar-refractivity contribution in [2.75, 3.05) is 0 Å². The van der Waals surface area contributed by atoms with Gasteiger partial charge in [0.25, 0.3) is 0 Å². The zero-order valence-corrected chi connectivity index (χ0v) is 9.15. The smallest absolute Gasteiger partial charge is 0.340 e. The Morgan fingerprint density at radius 3 is 1.79 bits per heavy atom. The highest BCUT2D eigenvalue weighted by molar-refractivity contribution is 5.87. The van der Waals surface area contributed by atoms with Crippen LogP contribution in [0.5, 0.6) is 0 Å². The topological polar surface area (TPSA) is 63.1 Å². The van der Waals surface area contributed by atoms with Crippen LogP contribution in [0.1, 0.15) is 10.4 Å². The van der Waals surface area contributed by atoms with Crippen LogP contribution in [0.15, 0.2) is 30.3 Å². The lowest BCUT2D eigenvalue weighted by Gasteiger charge is -1.93. The van der Waals surface area contributed by atoms with E-state index in [9.17, 15) is 22.4 Å². The summed E-state index contributed by atoms with van der Waals surface area (Å²) >= 11 is 0. The predicted molar refractivity (Wildman–Crippen MR) is 55.3 cm³/mol. The molecule has 100 valence electrons. The second kappa shape index (κ2) is 6.43. The van der Waals surface area contributed by atoms with Crippen molar-refractivity contribution in [2.24, 2.45) is 0 Å². The number of hydrogen-bond donors (Lipinski definition) is 1. The summed E-state index contributed by atoms with van der Waals surface area (Å²) in [5.41, 5.74) is -0.633. The van der Waals surface area contributed by atoms with Crippen LogP contribution < -0.4 is 0 Å². The van der Waals surface area contributed by atoms with Crippen LogP contribution in [0.3, 0.4) is 0 Å². The molecule has 0 aliphatic carbocycles. The molecule has 0 bridgehead atoms. The van der Waals surface area contributed by atoms with Crippen LogP contribution in [0.25, 0.3) is 0 Å². The third-order valence-corrected chi connectivity index (χ3v) is 1.73. The maximum Gasteiger partial charge on any atom is 0.340 e. The van der Waals surface area contributed by atoms with Crippen LogP contribution >= 0.6 is 0 Å². The lowest BCUT2D eigenvalue weighted by atomic mass is 10.3. The molecule has 0 spiro atoms. The largest absolute Gasteiger partial charge is 0.478 e. The van der Waals surface area contributed by atoms with Crippen molar-refractivity contribution in [3.8, 4) is 0 Å². The molecule has 0 radical (unpaired) electrons. The Morgan fingerprint density at radius 2 is 1.42 bits per heavy atom. The van der Waals surface area contributed by atoms with Gasteiger partial charge in [-0.15, -0.1) is 0 Å². The summed E-state index contributed by atoms with van der Waals surface area (Å²) in [6, 6.07) is 5.04. The van der Waals surface area contributed by atoms with E-state index in [1.54, 1.807) is 0 Å². The summed E-state index contributed by atoms with van der Waals surface area (Å²) in [5, 5.41) is 8.25. The molecule has 0 atom stereocenters. The molecule has 0 amide bonds. The SMILES string of the molecule is Fc1cccc(F)n1.O=C(O)c1ccc(F)nc1F. The average Bonchev–Trinajstić information content (AvgIpc) is 2.28. The number of pyridine rings is 2. The van der Waals surface area contributed by atoms with Gasteiger partial charge < -0.3 is 5.11 Å². The summed E-state index contributed by atoms with van der Waals surface area (Å²) in [6.45, 7) is 0.